The normalized spacial score (nSPS) is 15.0. The predicted octanol–water partition coefficient (Wildman–Crippen LogP) is 3.54. The molecule has 0 bridgehead atoms. The summed E-state index contributed by atoms with van der Waals surface area (Å²) in [6, 6.07) is 8.88. The van der Waals surface area contributed by atoms with E-state index in [1.165, 1.54) is 29.7 Å². The third-order valence-electron chi connectivity index (χ3n) is 4.38. The van der Waals surface area contributed by atoms with E-state index >= 15 is 0 Å². The molecule has 2 aromatic rings. The lowest BCUT2D eigenvalue weighted by Crippen LogP contribution is -2.18. The van der Waals surface area contributed by atoms with Gasteiger partial charge in [-0.3, -0.25) is 9.52 Å². The molecular weight excluding hydrogens is 382 g/mol. The molecule has 27 heavy (non-hydrogen) atoms. The van der Waals surface area contributed by atoms with Crippen LogP contribution in [-0.4, -0.2) is 26.3 Å². The Labute approximate surface area is 163 Å². The molecule has 1 aliphatic carbocycles. The zero-order valence-corrected chi connectivity index (χ0v) is 17.0. The lowest BCUT2D eigenvalue weighted by molar-refractivity contribution is 0.0959. The van der Waals surface area contributed by atoms with E-state index in [1.54, 1.807) is 36.5 Å². The number of nitrogens with one attached hydrogen (secondary N) is 2. The van der Waals surface area contributed by atoms with Crippen LogP contribution in [-0.2, 0) is 22.9 Å². The van der Waals surface area contributed by atoms with Crippen molar-refractivity contribution < 1.29 is 13.2 Å². The first kappa shape index (κ1) is 19.6. The number of hydrogen-bond acceptors (Lipinski definition) is 5. The van der Waals surface area contributed by atoms with Crippen molar-refractivity contribution in [2.45, 2.75) is 39.0 Å². The molecular formula is C19H23N3O3S2. The molecule has 0 saturated heterocycles. The molecule has 0 fully saturated rings. The molecule has 6 nitrogen and oxygen atoms in total. The van der Waals surface area contributed by atoms with E-state index in [9.17, 15) is 13.2 Å². The van der Waals surface area contributed by atoms with Gasteiger partial charge in [0.05, 0.1) is 16.8 Å². The molecule has 1 aromatic heterocycles. The summed E-state index contributed by atoms with van der Waals surface area (Å²) in [4.78, 5) is 14.4. The van der Waals surface area contributed by atoms with Gasteiger partial charge in [0.2, 0.25) is 10.0 Å². The molecule has 1 heterocycles. The fourth-order valence-electron chi connectivity index (χ4n) is 3.06. The monoisotopic (exact) mass is 405 g/mol. The number of hydrazone groups is 1. The molecule has 0 atom stereocenters. The van der Waals surface area contributed by atoms with E-state index in [0.29, 0.717) is 16.3 Å². The Morgan fingerprint density at radius 2 is 1.93 bits per heavy atom. The lowest BCUT2D eigenvalue weighted by Gasteiger charge is -2.06. The van der Waals surface area contributed by atoms with E-state index < -0.39 is 10.0 Å². The third-order valence-corrected chi connectivity index (χ3v) is 6.22. The number of sulfonamides is 1. The number of benzene rings is 1. The number of carbonyl (C=O) groups excluding carboxylic acids is 1. The van der Waals surface area contributed by atoms with Gasteiger partial charge in [-0.05, 0) is 61.9 Å². The van der Waals surface area contributed by atoms with Gasteiger partial charge < -0.3 is 0 Å². The average Bonchev–Trinajstić information content (AvgIpc) is 2.89. The van der Waals surface area contributed by atoms with Crippen LogP contribution in [0, 0.1) is 0 Å². The number of rotatable bonds is 5. The van der Waals surface area contributed by atoms with Crippen molar-refractivity contribution in [1.29, 1.82) is 0 Å². The van der Waals surface area contributed by atoms with E-state index in [-0.39, 0.29) is 5.91 Å². The van der Waals surface area contributed by atoms with E-state index in [4.69, 9.17) is 0 Å². The quantitative estimate of drug-likeness (QED) is 0.453. The number of amides is 1. The zero-order chi connectivity index (χ0) is 19.4. The number of hydrogen-bond donors (Lipinski definition) is 2. The molecule has 2 N–H and O–H groups in total. The van der Waals surface area contributed by atoms with Crippen LogP contribution in [0.25, 0.3) is 0 Å². The number of fused-ring (bicyclic) bond motifs is 1. The van der Waals surface area contributed by atoms with Crippen molar-refractivity contribution in [2.24, 2.45) is 5.10 Å². The maximum atomic E-state index is 12.4. The summed E-state index contributed by atoms with van der Waals surface area (Å²) in [7, 11) is -3.34. The first-order chi connectivity index (χ1) is 12.8. The van der Waals surface area contributed by atoms with Crippen LogP contribution in [0.2, 0.25) is 0 Å². The van der Waals surface area contributed by atoms with Crippen molar-refractivity contribution in [2.75, 3.05) is 11.0 Å². The van der Waals surface area contributed by atoms with Crippen molar-refractivity contribution in [3.8, 4) is 0 Å². The van der Waals surface area contributed by atoms with Crippen LogP contribution >= 0.6 is 11.3 Å². The molecule has 0 radical (unpaired) electrons. The van der Waals surface area contributed by atoms with Crippen LogP contribution in [0.3, 0.4) is 0 Å². The van der Waals surface area contributed by atoms with Crippen LogP contribution in [0.15, 0.2) is 35.4 Å². The first-order valence-corrected chi connectivity index (χ1v) is 11.6. The van der Waals surface area contributed by atoms with Crippen LogP contribution < -0.4 is 10.1 Å². The topological polar surface area (TPSA) is 87.6 Å². The standard InChI is InChI=1S/C19H23N3O3S2/c1-13(14-8-6-9-16(11-14)22-27(2,24)25)20-21-19(23)18-12-15-7-4-3-5-10-17(15)26-18/h6,8-9,11-12,22H,3-5,7,10H2,1-2H3,(H,21,23). The van der Waals surface area contributed by atoms with Crippen LogP contribution in [0.4, 0.5) is 5.69 Å². The first-order valence-electron chi connectivity index (χ1n) is 8.86. The molecule has 1 amide bonds. The van der Waals surface area contributed by atoms with Gasteiger partial charge in [-0.15, -0.1) is 11.3 Å². The Balaban J connectivity index is 1.70. The predicted molar refractivity (Wildman–Crippen MR) is 110 cm³/mol. The summed E-state index contributed by atoms with van der Waals surface area (Å²) in [5.41, 5.74) is 5.68. The molecule has 0 saturated carbocycles. The van der Waals surface area contributed by atoms with Gasteiger partial charge in [0.25, 0.3) is 5.91 Å². The number of nitrogens with zero attached hydrogens (tertiary/aromatic N) is 1. The molecule has 8 heteroatoms. The number of aryl methyl sites for hydroxylation is 2. The molecule has 144 valence electrons. The van der Waals surface area contributed by atoms with Gasteiger partial charge in [0.1, 0.15) is 0 Å². The zero-order valence-electron chi connectivity index (χ0n) is 15.4. The van der Waals surface area contributed by atoms with Gasteiger partial charge in [-0.25, -0.2) is 13.8 Å². The molecule has 1 aromatic carbocycles. The van der Waals surface area contributed by atoms with Crippen molar-refractivity contribution >= 4 is 38.7 Å². The SMILES string of the molecule is CC(=NNC(=O)c1cc2c(s1)CCCCC2)c1cccc(NS(C)(=O)=O)c1. The fraction of sp³-hybridized carbons (Fsp3) is 0.368. The van der Waals surface area contributed by atoms with Crippen molar-refractivity contribution in [3.63, 3.8) is 0 Å². The second kappa shape index (κ2) is 8.22. The number of carbonyl (C=O) groups is 1. The van der Waals surface area contributed by atoms with Crippen LogP contribution in [0.5, 0.6) is 0 Å². The van der Waals surface area contributed by atoms with Gasteiger partial charge in [0.15, 0.2) is 0 Å². The van der Waals surface area contributed by atoms with Gasteiger partial charge in [-0.1, -0.05) is 18.6 Å². The number of thiophene rings is 1. The average molecular weight is 406 g/mol. The summed E-state index contributed by atoms with van der Waals surface area (Å²) in [6.07, 6.45) is 6.81. The smallest absolute Gasteiger partial charge is 0.281 e. The van der Waals surface area contributed by atoms with Crippen molar-refractivity contribution in [1.82, 2.24) is 5.43 Å². The molecule has 0 aliphatic heterocycles. The summed E-state index contributed by atoms with van der Waals surface area (Å²) >= 11 is 1.56. The Bertz CT molecular complexity index is 954. The summed E-state index contributed by atoms with van der Waals surface area (Å²) in [5.74, 6) is -0.210. The highest BCUT2D eigenvalue weighted by molar-refractivity contribution is 7.92. The highest BCUT2D eigenvalue weighted by Crippen LogP contribution is 2.28. The summed E-state index contributed by atoms with van der Waals surface area (Å²) in [6.45, 7) is 1.77. The number of anilines is 1. The van der Waals surface area contributed by atoms with E-state index in [0.717, 1.165) is 24.7 Å². The molecule has 1 aliphatic rings. The minimum Gasteiger partial charge on any atom is -0.284 e. The molecule has 3 rings (SSSR count). The highest BCUT2D eigenvalue weighted by atomic mass is 32.2. The van der Waals surface area contributed by atoms with Crippen molar-refractivity contribution in [3.05, 3.63) is 51.2 Å². The van der Waals surface area contributed by atoms with E-state index in [1.807, 2.05) is 12.1 Å². The second-order valence-corrected chi connectivity index (χ2v) is 9.60. The second-order valence-electron chi connectivity index (χ2n) is 6.71. The Kier molecular flexibility index (Phi) is 5.96. The third kappa shape index (κ3) is 5.40. The minimum absolute atomic E-state index is 0.210. The minimum atomic E-state index is -3.34. The van der Waals surface area contributed by atoms with E-state index in [2.05, 4.69) is 15.2 Å². The lowest BCUT2D eigenvalue weighted by atomic mass is 10.1. The van der Waals surface area contributed by atoms with Gasteiger partial charge >= 0.3 is 0 Å². The Morgan fingerprint density at radius 1 is 1.15 bits per heavy atom. The highest BCUT2D eigenvalue weighted by Gasteiger charge is 2.16. The molecule has 0 spiro atoms. The Morgan fingerprint density at radius 3 is 2.70 bits per heavy atom. The largest absolute Gasteiger partial charge is 0.284 e. The Hall–Kier alpha value is -2.19. The maximum absolute atomic E-state index is 12.4. The van der Waals surface area contributed by atoms with Crippen LogP contribution in [0.1, 0.15) is 51.9 Å². The van der Waals surface area contributed by atoms with Gasteiger partial charge in [0, 0.05) is 10.6 Å². The fourth-order valence-corrected chi connectivity index (χ4v) is 4.75. The summed E-state index contributed by atoms with van der Waals surface area (Å²) < 4.78 is 25.2. The van der Waals surface area contributed by atoms with Gasteiger partial charge in [-0.2, -0.15) is 5.10 Å². The summed E-state index contributed by atoms with van der Waals surface area (Å²) in [5, 5.41) is 4.18. The maximum Gasteiger partial charge on any atom is 0.281 e. The molecule has 0 unspecified atom stereocenters.